The first kappa shape index (κ1) is 7.78. The van der Waals surface area contributed by atoms with Crippen molar-refractivity contribution in [3.8, 4) is 0 Å². The van der Waals surface area contributed by atoms with Gasteiger partial charge >= 0.3 is 0 Å². The van der Waals surface area contributed by atoms with Crippen molar-refractivity contribution in [2.75, 3.05) is 5.73 Å². The number of nitrogens with zero attached hydrogens (tertiary/aromatic N) is 3. The van der Waals surface area contributed by atoms with Gasteiger partial charge in [-0.2, -0.15) is 5.10 Å². The highest BCUT2D eigenvalue weighted by molar-refractivity contribution is 5.69. The first-order valence-electron chi connectivity index (χ1n) is 3.44. The second-order valence-corrected chi connectivity index (χ2v) is 2.33. The van der Waals surface area contributed by atoms with Crippen LogP contribution in [0.5, 0.6) is 0 Å². The molecular formula is C7H12N4. The molecule has 1 aromatic heterocycles. The molecule has 60 valence electrons. The molecule has 1 aromatic rings. The van der Waals surface area contributed by atoms with Crippen molar-refractivity contribution in [3.05, 3.63) is 5.69 Å². The van der Waals surface area contributed by atoms with Crippen LogP contribution >= 0.6 is 0 Å². The zero-order valence-electron chi connectivity index (χ0n) is 7.00. The minimum absolute atomic E-state index is 0.489. The normalized spacial score (nSPS) is 11.2. The summed E-state index contributed by atoms with van der Waals surface area (Å²) in [5.41, 5.74) is 7.34. The predicted octanol–water partition coefficient (Wildman–Crippen LogP) is 1.03. The fourth-order valence-corrected chi connectivity index (χ4v) is 0.911. The lowest BCUT2D eigenvalue weighted by atomic mass is 10.4. The summed E-state index contributed by atoms with van der Waals surface area (Å²) < 4.78 is 1.72. The van der Waals surface area contributed by atoms with E-state index in [9.17, 15) is 0 Å². The van der Waals surface area contributed by atoms with Crippen LogP contribution in [0.1, 0.15) is 12.6 Å². The van der Waals surface area contributed by atoms with Crippen LogP contribution in [0.2, 0.25) is 0 Å². The lowest BCUT2D eigenvalue weighted by Gasteiger charge is -1.91. The molecule has 0 bridgehead atoms. The van der Waals surface area contributed by atoms with Crippen molar-refractivity contribution in [2.45, 2.75) is 13.8 Å². The van der Waals surface area contributed by atoms with Crippen molar-refractivity contribution in [2.24, 2.45) is 12.0 Å². The van der Waals surface area contributed by atoms with E-state index in [2.05, 4.69) is 10.1 Å². The Bertz CT molecular complexity index is 285. The average molecular weight is 152 g/mol. The summed E-state index contributed by atoms with van der Waals surface area (Å²) in [5.74, 6) is 0.489. The fourth-order valence-electron chi connectivity index (χ4n) is 0.911. The maximum atomic E-state index is 5.58. The third-order valence-corrected chi connectivity index (χ3v) is 1.59. The summed E-state index contributed by atoms with van der Waals surface area (Å²) in [5, 5.41) is 4.01. The van der Waals surface area contributed by atoms with Crippen molar-refractivity contribution < 1.29 is 0 Å². The monoisotopic (exact) mass is 152 g/mol. The second kappa shape index (κ2) is 2.74. The van der Waals surface area contributed by atoms with E-state index >= 15 is 0 Å². The van der Waals surface area contributed by atoms with E-state index in [4.69, 9.17) is 5.73 Å². The Balaban J connectivity index is 3.22. The standard InChI is InChI=1S/C7H12N4/c1-4-9-6-5(2)11(3)10-7(6)8/h4H,1-3H3,(H2,8,10). The highest BCUT2D eigenvalue weighted by atomic mass is 15.3. The van der Waals surface area contributed by atoms with Gasteiger partial charge in [-0.25, -0.2) is 0 Å². The Hall–Kier alpha value is -1.32. The van der Waals surface area contributed by atoms with E-state index in [0.29, 0.717) is 5.82 Å². The molecule has 4 heteroatoms. The van der Waals surface area contributed by atoms with E-state index in [0.717, 1.165) is 11.4 Å². The molecule has 0 fully saturated rings. The minimum atomic E-state index is 0.489. The molecule has 0 spiro atoms. The van der Waals surface area contributed by atoms with Crippen LogP contribution in [0.3, 0.4) is 0 Å². The Morgan fingerprint density at radius 3 is 2.64 bits per heavy atom. The van der Waals surface area contributed by atoms with E-state index < -0.39 is 0 Å². The van der Waals surface area contributed by atoms with Crippen molar-refractivity contribution in [3.63, 3.8) is 0 Å². The lowest BCUT2D eigenvalue weighted by molar-refractivity contribution is 0.744. The maximum Gasteiger partial charge on any atom is 0.171 e. The number of hydrogen-bond donors (Lipinski definition) is 1. The molecule has 0 aliphatic heterocycles. The van der Waals surface area contributed by atoms with Gasteiger partial charge in [-0.3, -0.25) is 9.67 Å². The van der Waals surface area contributed by atoms with Gasteiger partial charge in [-0.1, -0.05) is 0 Å². The van der Waals surface area contributed by atoms with Crippen molar-refractivity contribution in [1.29, 1.82) is 0 Å². The molecular weight excluding hydrogens is 140 g/mol. The van der Waals surface area contributed by atoms with Gasteiger partial charge in [0.15, 0.2) is 5.82 Å². The Morgan fingerprint density at radius 1 is 1.64 bits per heavy atom. The molecule has 0 aromatic carbocycles. The van der Waals surface area contributed by atoms with Gasteiger partial charge in [0.25, 0.3) is 0 Å². The first-order chi connectivity index (χ1) is 5.16. The van der Waals surface area contributed by atoms with Gasteiger partial charge in [0.2, 0.25) is 0 Å². The van der Waals surface area contributed by atoms with Crippen LogP contribution in [0.25, 0.3) is 0 Å². The van der Waals surface area contributed by atoms with Crippen LogP contribution < -0.4 is 5.73 Å². The molecule has 0 amide bonds. The van der Waals surface area contributed by atoms with E-state index in [1.54, 1.807) is 10.9 Å². The zero-order valence-corrected chi connectivity index (χ0v) is 7.00. The third kappa shape index (κ3) is 1.24. The molecule has 0 unspecified atom stereocenters. The SMILES string of the molecule is CC=Nc1c(N)nn(C)c1C. The molecule has 0 aliphatic rings. The van der Waals surface area contributed by atoms with Gasteiger partial charge in [-0.15, -0.1) is 0 Å². The second-order valence-electron chi connectivity index (χ2n) is 2.33. The van der Waals surface area contributed by atoms with Gasteiger partial charge in [0.1, 0.15) is 5.69 Å². The largest absolute Gasteiger partial charge is 0.380 e. The van der Waals surface area contributed by atoms with Crippen molar-refractivity contribution >= 4 is 17.7 Å². The number of anilines is 1. The number of aromatic nitrogens is 2. The average Bonchev–Trinajstić information content (AvgIpc) is 2.17. The smallest absolute Gasteiger partial charge is 0.171 e. The summed E-state index contributed by atoms with van der Waals surface area (Å²) in [6.45, 7) is 3.79. The molecule has 0 atom stereocenters. The first-order valence-corrected chi connectivity index (χ1v) is 3.44. The lowest BCUT2D eigenvalue weighted by Crippen LogP contribution is -1.93. The summed E-state index contributed by atoms with van der Waals surface area (Å²) in [7, 11) is 1.85. The van der Waals surface area contributed by atoms with Crippen molar-refractivity contribution in [1.82, 2.24) is 9.78 Å². The molecule has 11 heavy (non-hydrogen) atoms. The maximum absolute atomic E-state index is 5.58. The third-order valence-electron chi connectivity index (χ3n) is 1.59. The van der Waals surface area contributed by atoms with Gasteiger partial charge in [-0.05, 0) is 13.8 Å². The topological polar surface area (TPSA) is 56.2 Å². The number of rotatable bonds is 1. The van der Waals surface area contributed by atoms with Gasteiger partial charge in [0, 0.05) is 13.3 Å². The highest BCUT2D eigenvalue weighted by Gasteiger charge is 2.06. The number of hydrogen-bond acceptors (Lipinski definition) is 3. The zero-order chi connectivity index (χ0) is 8.43. The molecule has 1 heterocycles. The van der Waals surface area contributed by atoms with E-state index in [1.807, 2.05) is 20.9 Å². The Morgan fingerprint density at radius 2 is 2.27 bits per heavy atom. The predicted molar refractivity (Wildman–Crippen MR) is 46.2 cm³/mol. The molecule has 0 saturated heterocycles. The number of nitrogen functional groups attached to an aromatic ring is 1. The van der Waals surface area contributed by atoms with Gasteiger partial charge in [0.05, 0.1) is 5.69 Å². The van der Waals surface area contributed by atoms with Crippen LogP contribution in [-0.2, 0) is 7.05 Å². The summed E-state index contributed by atoms with van der Waals surface area (Å²) in [6, 6.07) is 0. The van der Waals surface area contributed by atoms with Crippen LogP contribution in [-0.4, -0.2) is 16.0 Å². The minimum Gasteiger partial charge on any atom is -0.380 e. The van der Waals surface area contributed by atoms with Crippen LogP contribution in [0, 0.1) is 6.92 Å². The summed E-state index contributed by atoms with van der Waals surface area (Å²) in [4.78, 5) is 4.09. The molecule has 0 aliphatic carbocycles. The fraction of sp³-hybridized carbons (Fsp3) is 0.429. The molecule has 0 radical (unpaired) electrons. The Labute approximate surface area is 65.7 Å². The van der Waals surface area contributed by atoms with Crippen LogP contribution in [0.4, 0.5) is 11.5 Å². The quantitative estimate of drug-likeness (QED) is 0.611. The number of aliphatic imine (C=N–C) groups is 1. The highest BCUT2D eigenvalue weighted by Crippen LogP contribution is 2.23. The molecule has 4 nitrogen and oxygen atoms in total. The number of aryl methyl sites for hydroxylation is 1. The molecule has 0 saturated carbocycles. The Kier molecular flexibility index (Phi) is 1.94. The molecule has 1 rings (SSSR count). The van der Waals surface area contributed by atoms with E-state index in [-0.39, 0.29) is 0 Å². The summed E-state index contributed by atoms with van der Waals surface area (Å²) >= 11 is 0. The van der Waals surface area contributed by atoms with E-state index in [1.165, 1.54) is 0 Å². The number of nitrogens with two attached hydrogens (primary N) is 1. The van der Waals surface area contributed by atoms with Crippen LogP contribution in [0.15, 0.2) is 4.99 Å². The molecule has 2 N–H and O–H groups in total. The van der Waals surface area contributed by atoms with Gasteiger partial charge < -0.3 is 5.73 Å². The summed E-state index contributed by atoms with van der Waals surface area (Å²) in [6.07, 6.45) is 1.71.